The van der Waals surface area contributed by atoms with Crippen LogP contribution in [-0.2, 0) is 6.42 Å². The van der Waals surface area contributed by atoms with E-state index in [4.69, 9.17) is 11.6 Å². The summed E-state index contributed by atoms with van der Waals surface area (Å²) in [5, 5.41) is 11.3. The first-order chi connectivity index (χ1) is 10.6. The van der Waals surface area contributed by atoms with Crippen LogP contribution in [0.25, 0.3) is 0 Å². The van der Waals surface area contributed by atoms with Gasteiger partial charge in [0.2, 0.25) is 0 Å². The van der Waals surface area contributed by atoms with Crippen LogP contribution in [0.3, 0.4) is 0 Å². The van der Waals surface area contributed by atoms with Gasteiger partial charge in [-0.15, -0.1) is 0 Å². The molecule has 4 nitrogen and oxygen atoms in total. The van der Waals surface area contributed by atoms with Crippen molar-refractivity contribution in [3.63, 3.8) is 0 Å². The van der Waals surface area contributed by atoms with Crippen LogP contribution >= 0.6 is 11.6 Å². The van der Waals surface area contributed by atoms with Gasteiger partial charge in [-0.3, -0.25) is 15.1 Å². The van der Waals surface area contributed by atoms with E-state index in [1.807, 2.05) is 18.2 Å². The summed E-state index contributed by atoms with van der Waals surface area (Å²) in [5.74, 6) is 0.0830. The molecular weight excluding hydrogens is 300 g/mol. The smallest absolute Gasteiger partial charge is 0.288 e. The molecule has 112 valence electrons. The lowest BCUT2D eigenvalue weighted by molar-refractivity contribution is -0.384. The Labute approximate surface area is 133 Å². The van der Waals surface area contributed by atoms with Crippen LogP contribution < -0.4 is 0 Å². The fourth-order valence-corrected chi connectivity index (χ4v) is 3.21. The summed E-state index contributed by atoms with van der Waals surface area (Å²) in [6.07, 6.45) is 1.63. The topological polar surface area (TPSA) is 55.5 Å². The van der Waals surface area contributed by atoms with E-state index in [0.29, 0.717) is 0 Å². The molecule has 1 unspecified atom stereocenters. The van der Waals surface area contributed by atoms with Gasteiger partial charge < -0.3 is 0 Å². The van der Waals surface area contributed by atoms with Gasteiger partial charge in [0.1, 0.15) is 5.02 Å². The summed E-state index contributed by atoms with van der Waals surface area (Å²) < 4.78 is 0. The number of aliphatic imine (C=N–C) groups is 1. The van der Waals surface area contributed by atoms with E-state index in [2.05, 4.69) is 17.1 Å². The van der Waals surface area contributed by atoms with E-state index < -0.39 is 4.92 Å². The van der Waals surface area contributed by atoms with Crippen molar-refractivity contribution in [3.05, 3.63) is 74.3 Å². The molecule has 0 fully saturated rings. The number of benzene rings is 2. The summed E-state index contributed by atoms with van der Waals surface area (Å²) in [6.45, 7) is 0. The molecule has 0 bridgehead atoms. The third-order valence-electron chi connectivity index (χ3n) is 4.15. The number of nitro benzene ring substituents is 1. The van der Waals surface area contributed by atoms with Crippen LogP contribution in [0.1, 0.15) is 29.0 Å². The second kappa shape index (κ2) is 5.89. The molecule has 0 saturated heterocycles. The molecule has 22 heavy (non-hydrogen) atoms. The maximum Gasteiger partial charge on any atom is 0.288 e. The summed E-state index contributed by atoms with van der Waals surface area (Å²) in [4.78, 5) is 15.0. The Kier molecular flexibility index (Phi) is 3.94. The predicted octanol–water partition coefficient (Wildman–Crippen LogP) is 4.40. The fourth-order valence-electron chi connectivity index (χ4n) is 3.03. The van der Waals surface area contributed by atoms with Crippen molar-refractivity contribution in [1.82, 2.24) is 0 Å². The lowest BCUT2D eigenvalue weighted by Crippen LogP contribution is -2.19. The van der Waals surface area contributed by atoms with Crippen molar-refractivity contribution in [1.29, 1.82) is 0 Å². The average Bonchev–Trinajstić information content (AvgIpc) is 2.54. The Bertz CT molecular complexity index is 771. The van der Waals surface area contributed by atoms with E-state index in [0.717, 1.165) is 24.1 Å². The monoisotopic (exact) mass is 314 g/mol. The van der Waals surface area contributed by atoms with E-state index in [-0.39, 0.29) is 16.6 Å². The molecule has 0 amide bonds. The number of hydrogen-bond donors (Lipinski definition) is 0. The molecule has 0 aliphatic heterocycles. The van der Waals surface area contributed by atoms with Crippen LogP contribution in [0, 0.1) is 10.1 Å². The Morgan fingerprint density at radius 2 is 2.05 bits per heavy atom. The van der Waals surface area contributed by atoms with Gasteiger partial charge in [0.15, 0.2) is 0 Å². The number of hydrogen-bond acceptors (Lipinski definition) is 3. The zero-order valence-electron chi connectivity index (χ0n) is 12.1. The van der Waals surface area contributed by atoms with Crippen LogP contribution in [0.2, 0.25) is 5.02 Å². The van der Waals surface area contributed by atoms with E-state index in [1.165, 1.54) is 11.1 Å². The first-order valence-electron chi connectivity index (χ1n) is 7.06. The number of nitrogens with zero attached hydrogens (tertiary/aromatic N) is 2. The Morgan fingerprint density at radius 1 is 1.27 bits per heavy atom. The molecular formula is C17H15ClN2O2. The molecule has 0 spiro atoms. The normalized spacial score (nSPS) is 19.0. The Morgan fingerprint density at radius 3 is 2.77 bits per heavy atom. The van der Waals surface area contributed by atoms with Crippen LogP contribution in [0.5, 0.6) is 0 Å². The standard InChI is InChI=1S/C17H15ClN2O2/c1-19-13-8-11-4-2-3-5-14(11)15(10-13)12-6-7-16(18)17(9-12)20(21)22/h2-7,9,15H,8,10H2,1H3. The van der Waals surface area contributed by atoms with Gasteiger partial charge in [-0.1, -0.05) is 41.9 Å². The highest BCUT2D eigenvalue weighted by Gasteiger charge is 2.26. The average molecular weight is 315 g/mol. The first-order valence-corrected chi connectivity index (χ1v) is 7.44. The molecule has 0 aromatic heterocycles. The molecule has 0 N–H and O–H groups in total. The van der Waals surface area contributed by atoms with Gasteiger partial charge in [-0.05, 0) is 29.2 Å². The zero-order valence-corrected chi connectivity index (χ0v) is 12.9. The van der Waals surface area contributed by atoms with E-state index in [1.54, 1.807) is 19.2 Å². The maximum atomic E-state index is 11.1. The summed E-state index contributed by atoms with van der Waals surface area (Å²) >= 11 is 5.92. The first kappa shape index (κ1) is 14.7. The molecule has 2 aromatic rings. The molecule has 3 rings (SSSR count). The number of halogens is 1. The van der Waals surface area contributed by atoms with Gasteiger partial charge in [0.25, 0.3) is 5.69 Å². The quantitative estimate of drug-likeness (QED) is 0.609. The van der Waals surface area contributed by atoms with Crippen molar-refractivity contribution in [3.8, 4) is 0 Å². The fraction of sp³-hybridized carbons (Fsp3) is 0.235. The number of fused-ring (bicyclic) bond motifs is 1. The van der Waals surface area contributed by atoms with Crippen molar-refractivity contribution in [2.75, 3.05) is 7.05 Å². The lowest BCUT2D eigenvalue weighted by Gasteiger charge is -2.27. The lowest BCUT2D eigenvalue weighted by atomic mass is 9.78. The van der Waals surface area contributed by atoms with Gasteiger partial charge in [0.05, 0.1) is 4.92 Å². The SMILES string of the molecule is CN=C1Cc2ccccc2C(c2ccc(Cl)c([N+](=O)[O-])c2)C1. The zero-order chi connectivity index (χ0) is 15.7. The molecule has 5 heteroatoms. The molecule has 1 aliphatic rings. The summed E-state index contributed by atoms with van der Waals surface area (Å²) in [6, 6.07) is 13.3. The summed E-state index contributed by atoms with van der Waals surface area (Å²) in [5.41, 5.74) is 4.42. The minimum Gasteiger partial charge on any atom is -0.297 e. The minimum absolute atomic E-state index is 0.0443. The van der Waals surface area contributed by atoms with Crippen molar-refractivity contribution >= 4 is 23.0 Å². The van der Waals surface area contributed by atoms with Gasteiger partial charge in [0, 0.05) is 31.2 Å². The predicted molar refractivity (Wildman–Crippen MR) is 88.1 cm³/mol. The van der Waals surface area contributed by atoms with E-state index >= 15 is 0 Å². The minimum atomic E-state index is -0.435. The number of rotatable bonds is 2. The van der Waals surface area contributed by atoms with E-state index in [9.17, 15) is 10.1 Å². The molecule has 0 heterocycles. The Hall–Kier alpha value is -2.20. The van der Waals surface area contributed by atoms with Gasteiger partial charge in [-0.25, -0.2) is 0 Å². The second-order valence-corrected chi connectivity index (χ2v) is 5.80. The highest BCUT2D eigenvalue weighted by Crippen LogP contribution is 2.38. The van der Waals surface area contributed by atoms with Crippen LogP contribution in [0.15, 0.2) is 47.5 Å². The second-order valence-electron chi connectivity index (χ2n) is 5.39. The van der Waals surface area contributed by atoms with Crippen molar-refractivity contribution < 1.29 is 4.92 Å². The van der Waals surface area contributed by atoms with Crippen molar-refractivity contribution in [2.45, 2.75) is 18.8 Å². The molecule has 2 aromatic carbocycles. The molecule has 0 radical (unpaired) electrons. The highest BCUT2D eigenvalue weighted by molar-refractivity contribution is 6.32. The molecule has 0 saturated carbocycles. The van der Waals surface area contributed by atoms with Gasteiger partial charge >= 0.3 is 0 Å². The maximum absolute atomic E-state index is 11.1. The summed E-state index contributed by atoms with van der Waals surface area (Å²) in [7, 11) is 1.80. The van der Waals surface area contributed by atoms with Crippen LogP contribution in [-0.4, -0.2) is 17.7 Å². The highest BCUT2D eigenvalue weighted by atomic mass is 35.5. The third-order valence-corrected chi connectivity index (χ3v) is 4.47. The molecule has 1 atom stereocenters. The third kappa shape index (κ3) is 2.62. The number of nitro groups is 1. The van der Waals surface area contributed by atoms with Crippen molar-refractivity contribution in [2.24, 2.45) is 4.99 Å². The molecule has 1 aliphatic carbocycles. The van der Waals surface area contributed by atoms with Crippen LogP contribution in [0.4, 0.5) is 5.69 Å². The van der Waals surface area contributed by atoms with Gasteiger partial charge in [-0.2, -0.15) is 0 Å². The Balaban J connectivity index is 2.11. The largest absolute Gasteiger partial charge is 0.297 e.